The Morgan fingerprint density at radius 3 is 2.93 bits per heavy atom. The SMILES string of the molecule is O=C(CN1CCCC[C@@H]1c1n[nH]c(=O)[nH]1)Nc1ccnn1Cc1ccccc1Cl. The van der Waals surface area contributed by atoms with Crippen LogP contribution in [0.25, 0.3) is 0 Å². The van der Waals surface area contributed by atoms with E-state index in [1.54, 1.807) is 16.9 Å². The number of benzene rings is 1. The molecule has 0 spiro atoms. The van der Waals surface area contributed by atoms with Crippen LogP contribution in [0.15, 0.2) is 41.3 Å². The standard InChI is InChI=1S/C19H22ClN7O2/c20-14-6-2-1-5-13(14)11-27-16(8-9-21-27)22-17(28)12-26-10-4-3-7-15(26)18-23-19(29)25-24-18/h1-2,5-6,8-9,15H,3-4,7,10-12H2,(H,22,28)(H2,23,24,25,29)/t15-/m1/s1. The number of amides is 1. The van der Waals surface area contributed by atoms with Crippen LogP contribution in [0.3, 0.4) is 0 Å². The lowest BCUT2D eigenvalue weighted by Gasteiger charge is -2.33. The summed E-state index contributed by atoms with van der Waals surface area (Å²) in [5.74, 6) is 1.04. The molecule has 1 atom stereocenters. The lowest BCUT2D eigenvalue weighted by molar-refractivity contribution is -0.118. The summed E-state index contributed by atoms with van der Waals surface area (Å²) in [6, 6.07) is 9.22. The van der Waals surface area contributed by atoms with Crippen LogP contribution in [-0.2, 0) is 11.3 Å². The molecule has 0 bridgehead atoms. The third-order valence-corrected chi connectivity index (χ3v) is 5.43. The molecular formula is C19H22ClN7O2. The second-order valence-electron chi connectivity index (χ2n) is 7.06. The number of piperidine rings is 1. The van der Waals surface area contributed by atoms with Crippen molar-refractivity contribution in [3.8, 4) is 0 Å². The molecule has 1 amide bonds. The average Bonchev–Trinajstić information content (AvgIpc) is 3.33. The predicted molar refractivity (Wildman–Crippen MR) is 109 cm³/mol. The van der Waals surface area contributed by atoms with E-state index in [0.717, 1.165) is 31.4 Å². The topological polar surface area (TPSA) is 112 Å². The van der Waals surface area contributed by atoms with Crippen LogP contribution in [0, 0.1) is 0 Å². The van der Waals surface area contributed by atoms with Crippen molar-refractivity contribution in [2.24, 2.45) is 0 Å². The van der Waals surface area contributed by atoms with Gasteiger partial charge in [-0.25, -0.2) is 14.6 Å². The summed E-state index contributed by atoms with van der Waals surface area (Å²) in [6.45, 7) is 1.44. The van der Waals surface area contributed by atoms with Gasteiger partial charge in [0, 0.05) is 11.1 Å². The fourth-order valence-electron chi connectivity index (χ4n) is 3.65. The molecule has 3 N–H and O–H groups in total. The maximum Gasteiger partial charge on any atom is 0.340 e. The normalized spacial score (nSPS) is 17.3. The Balaban J connectivity index is 1.43. The highest BCUT2D eigenvalue weighted by Gasteiger charge is 2.28. The Bertz CT molecular complexity index is 1040. The second-order valence-corrected chi connectivity index (χ2v) is 7.47. The average molecular weight is 416 g/mol. The van der Waals surface area contributed by atoms with Crippen LogP contribution in [0.1, 0.15) is 36.7 Å². The molecule has 1 saturated heterocycles. The Kier molecular flexibility index (Phi) is 5.77. The number of halogens is 1. The van der Waals surface area contributed by atoms with Crippen molar-refractivity contribution < 1.29 is 4.79 Å². The zero-order chi connectivity index (χ0) is 20.2. The third kappa shape index (κ3) is 4.57. The Morgan fingerprint density at radius 2 is 2.14 bits per heavy atom. The van der Waals surface area contributed by atoms with Gasteiger partial charge >= 0.3 is 5.69 Å². The summed E-state index contributed by atoms with van der Waals surface area (Å²) < 4.78 is 1.71. The van der Waals surface area contributed by atoms with Crippen LogP contribution < -0.4 is 11.0 Å². The Labute approximate surface area is 172 Å². The van der Waals surface area contributed by atoms with Crippen molar-refractivity contribution in [1.29, 1.82) is 0 Å². The van der Waals surface area contributed by atoms with Crippen molar-refractivity contribution >= 4 is 23.3 Å². The lowest BCUT2D eigenvalue weighted by Crippen LogP contribution is -2.40. The first-order valence-corrected chi connectivity index (χ1v) is 9.91. The van der Waals surface area contributed by atoms with E-state index in [2.05, 4.69) is 25.6 Å². The number of aromatic nitrogens is 5. The first kappa shape index (κ1) is 19.4. The molecule has 1 aliphatic heterocycles. The van der Waals surface area contributed by atoms with Gasteiger partial charge in [-0.05, 0) is 31.0 Å². The number of hydrogen-bond acceptors (Lipinski definition) is 5. The van der Waals surface area contributed by atoms with Gasteiger partial charge in [-0.1, -0.05) is 36.2 Å². The minimum atomic E-state index is -0.335. The molecule has 10 heteroatoms. The predicted octanol–water partition coefficient (Wildman–Crippen LogP) is 2.16. The Morgan fingerprint density at radius 1 is 1.28 bits per heavy atom. The van der Waals surface area contributed by atoms with Crippen LogP contribution in [0.2, 0.25) is 5.02 Å². The van der Waals surface area contributed by atoms with Crippen molar-refractivity contribution in [1.82, 2.24) is 29.9 Å². The van der Waals surface area contributed by atoms with Gasteiger partial charge in [0.05, 0.1) is 25.3 Å². The number of rotatable bonds is 6. The zero-order valence-electron chi connectivity index (χ0n) is 15.8. The van der Waals surface area contributed by atoms with E-state index in [1.807, 2.05) is 29.2 Å². The molecule has 1 fully saturated rings. The number of aromatic amines is 2. The maximum atomic E-state index is 12.7. The molecule has 0 saturated carbocycles. The number of carbonyl (C=O) groups excluding carboxylic acids is 1. The van der Waals surface area contributed by atoms with Crippen molar-refractivity contribution in [2.75, 3.05) is 18.4 Å². The van der Waals surface area contributed by atoms with Gasteiger partial charge in [0.2, 0.25) is 5.91 Å². The van der Waals surface area contributed by atoms with E-state index in [1.165, 1.54) is 0 Å². The highest BCUT2D eigenvalue weighted by molar-refractivity contribution is 6.31. The minimum Gasteiger partial charge on any atom is -0.310 e. The van der Waals surface area contributed by atoms with E-state index in [0.29, 0.717) is 23.2 Å². The second kappa shape index (κ2) is 8.62. The van der Waals surface area contributed by atoms with Crippen molar-refractivity contribution in [2.45, 2.75) is 31.8 Å². The molecule has 2 aromatic heterocycles. The molecule has 0 unspecified atom stereocenters. The fraction of sp³-hybridized carbons (Fsp3) is 0.368. The highest BCUT2D eigenvalue weighted by Crippen LogP contribution is 2.27. The highest BCUT2D eigenvalue weighted by atomic mass is 35.5. The van der Waals surface area contributed by atoms with Gasteiger partial charge in [-0.3, -0.25) is 14.7 Å². The van der Waals surface area contributed by atoms with Gasteiger partial charge < -0.3 is 5.32 Å². The van der Waals surface area contributed by atoms with Crippen LogP contribution >= 0.6 is 11.6 Å². The molecule has 0 aliphatic carbocycles. The van der Waals surface area contributed by atoms with Crippen molar-refractivity contribution in [3.05, 3.63) is 63.4 Å². The molecular weight excluding hydrogens is 394 g/mol. The molecule has 9 nitrogen and oxygen atoms in total. The van der Waals surface area contributed by atoms with Gasteiger partial charge in [0.15, 0.2) is 0 Å². The van der Waals surface area contributed by atoms with E-state index >= 15 is 0 Å². The van der Waals surface area contributed by atoms with E-state index in [9.17, 15) is 9.59 Å². The molecule has 29 heavy (non-hydrogen) atoms. The molecule has 4 rings (SSSR count). The first-order valence-electron chi connectivity index (χ1n) is 9.54. The molecule has 3 aromatic rings. The molecule has 3 heterocycles. The number of anilines is 1. The summed E-state index contributed by atoms with van der Waals surface area (Å²) >= 11 is 6.24. The Hall–Kier alpha value is -2.91. The zero-order valence-corrected chi connectivity index (χ0v) is 16.5. The van der Waals surface area contributed by atoms with Gasteiger partial charge in [-0.2, -0.15) is 10.2 Å². The minimum absolute atomic E-state index is 0.0820. The van der Waals surface area contributed by atoms with E-state index < -0.39 is 0 Å². The lowest BCUT2D eigenvalue weighted by atomic mass is 10.0. The van der Waals surface area contributed by atoms with Gasteiger partial charge in [0.25, 0.3) is 0 Å². The monoisotopic (exact) mass is 415 g/mol. The number of H-pyrrole nitrogens is 2. The van der Waals surface area contributed by atoms with Gasteiger partial charge in [0.1, 0.15) is 11.6 Å². The number of hydrogen-bond donors (Lipinski definition) is 3. The summed E-state index contributed by atoms with van der Waals surface area (Å²) in [5, 5.41) is 14.3. The fourth-order valence-corrected chi connectivity index (χ4v) is 3.85. The first-order chi connectivity index (χ1) is 14.1. The van der Waals surface area contributed by atoms with Crippen molar-refractivity contribution in [3.63, 3.8) is 0 Å². The summed E-state index contributed by atoms with van der Waals surface area (Å²) in [4.78, 5) is 28.9. The van der Waals surface area contributed by atoms with E-state index in [4.69, 9.17) is 11.6 Å². The molecule has 1 aromatic carbocycles. The van der Waals surface area contributed by atoms with E-state index in [-0.39, 0.29) is 24.2 Å². The van der Waals surface area contributed by atoms with Gasteiger partial charge in [-0.15, -0.1) is 0 Å². The summed E-state index contributed by atoms with van der Waals surface area (Å²) in [7, 11) is 0. The number of likely N-dealkylation sites (tertiary alicyclic amines) is 1. The number of carbonyl (C=O) groups is 1. The number of nitrogens with one attached hydrogen (secondary N) is 3. The van der Waals surface area contributed by atoms with Crippen LogP contribution in [0.5, 0.6) is 0 Å². The molecule has 1 aliphatic rings. The largest absolute Gasteiger partial charge is 0.340 e. The molecule has 152 valence electrons. The summed E-state index contributed by atoms with van der Waals surface area (Å²) in [5.41, 5.74) is 0.588. The quantitative estimate of drug-likeness (QED) is 0.571. The van der Waals surface area contributed by atoms with Crippen LogP contribution in [0.4, 0.5) is 5.82 Å². The smallest absolute Gasteiger partial charge is 0.310 e. The number of nitrogens with zero attached hydrogens (tertiary/aromatic N) is 4. The third-order valence-electron chi connectivity index (χ3n) is 5.06. The van der Waals surface area contributed by atoms with Crippen LogP contribution in [-0.4, -0.2) is 48.9 Å². The summed E-state index contributed by atoms with van der Waals surface area (Å²) in [6.07, 6.45) is 4.52. The molecule has 0 radical (unpaired) electrons. The maximum absolute atomic E-state index is 12.7.